The molecular formula is C13H20BrN5. The van der Waals surface area contributed by atoms with Gasteiger partial charge in [-0.3, -0.25) is 5.43 Å². The highest BCUT2D eigenvalue weighted by Crippen LogP contribution is 2.49. The summed E-state index contributed by atoms with van der Waals surface area (Å²) in [6, 6.07) is 0.437. The standard InChI is InChI=1S/C13H20BrN5/c1-7(10-5-8-2-3-9(10)4-8)17-12-11(14)6-16-13(18-12)19-15/h6-10H,2-5,15H2,1H3,(H2,16,17,18,19). The third kappa shape index (κ3) is 2.56. The Balaban J connectivity index is 1.70. The van der Waals surface area contributed by atoms with Crippen molar-refractivity contribution in [2.45, 2.75) is 38.6 Å². The van der Waals surface area contributed by atoms with Crippen LogP contribution in [0.4, 0.5) is 11.8 Å². The van der Waals surface area contributed by atoms with Gasteiger partial charge in [-0.05, 0) is 59.9 Å². The van der Waals surface area contributed by atoms with Crippen LogP contribution in [-0.2, 0) is 0 Å². The van der Waals surface area contributed by atoms with Crippen LogP contribution in [-0.4, -0.2) is 16.0 Å². The monoisotopic (exact) mass is 325 g/mol. The summed E-state index contributed by atoms with van der Waals surface area (Å²) in [6.07, 6.45) is 7.35. The number of halogens is 1. The van der Waals surface area contributed by atoms with Crippen LogP contribution in [0.1, 0.15) is 32.6 Å². The van der Waals surface area contributed by atoms with Crippen molar-refractivity contribution < 1.29 is 0 Å². The molecule has 0 spiro atoms. The molecule has 6 heteroatoms. The summed E-state index contributed by atoms with van der Waals surface area (Å²) in [5, 5.41) is 3.52. The van der Waals surface area contributed by atoms with E-state index in [1.165, 1.54) is 25.7 Å². The first kappa shape index (κ1) is 13.1. The van der Waals surface area contributed by atoms with Gasteiger partial charge in [0.1, 0.15) is 5.82 Å². The van der Waals surface area contributed by atoms with Gasteiger partial charge in [-0.15, -0.1) is 0 Å². The second-order valence-electron chi connectivity index (χ2n) is 5.81. The van der Waals surface area contributed by atoms with Crippen LogP contribution < -0.4 is 16.6 Å². The summed E-state index contributed by atoms with van der Waals surface area (Å²) in [5.74, 6) is 9.25. The van der Waals surface area contributed by atoms with Crippen LogP contribution in [0.2, 0.25) is 0 Å². The number of nitrogens with two attached hydrogens (primary N) is 1. The third-order valence-electron chi connectivity index (χ3n) is 4.67. The molecule has 2 saturated carbocycles. The largest absolute Gasteiger partial charge is 0.366 e. The van der Waals surface area contributed by atoms with E-state index in [4.69, 9.17) is 5.84 Å². The highest BCUT2D eigenvalue weighted by Gasteiger charge is 2.41. The fourth-order valence-corrected chi connectivity index (χ4v) is 4.07. The fraction of sp³-hybridized carbons (Fsp3) is 0.692. The fourth-order valence-electron chi connectivity index (χ4n) is 3.77. The van der Waals surface area contributed by atoms with Crippen molar-refractivity contribution >= 4 is 27.7 Å². The molecule has 4 unspecified atom stereocenters. The molecule has 4 N–H and O–H groups in total. The molecule has 3 rings (SSSR count). The van der Waals surface area contributed by atoms with Crippen LogP contribution >= 0.6 is 15.9 Å². The summed E-state index contributed by atoms with van der Waals surface area (Å²) < 4.78 is 0.876. The molecule has 1 heterocycles. The van der Waals surface area contributed by atoms with Crippen LogP contribution in [0.5, 0.6) is 0 Å². The predicted molar refractivity (Wildman–Crippen MR) is 79.6 cm³/mol. The van der Waals surface area contributed by atoms with Crippen molar-refractivity contribution in [1.82, 2.24) is 9.97 Å². The van der Waals surface area contributed by atoms with Crippen molar-refractivity contribution in [3.05, 3.63) is 10.7 Å². The number of hydrogen-bond donors (Lipinski definition) is 3. The van der Waals surface area contributed by atoms with E-state index in [9.17, 15) is 0 Å². The molecule has 2 aliphatic carbocycles. The van der Waals surface area contributed by atoms with E-state index in [0.29, 0.717) is 12.0 Å². The van der Waals surface area contributed by atoms with Gasteiger partial charge in [-0.1, -0.05) is 6.42 Å². The highest BCUT2D eigenvalue weighted by atomic mass is 79.9. The first-order chi connectivity index (χ1) is 9.17. The number of hydrazine groups is 1. The van der Waals surface area contributed by atoms with Gasteiger partial charge < -0.3 is 5.32 Å². The van der Waals surface area contributed by atoms with Gasteiger partial charge in [0.05, 0.1) is 4.47 Å². The number of nitrogen functional groups attached to an aromatic ring is 1. The maximum absolute atomic E-state index is 5.35. The zero-order valence-corrected chi connectivity index (χ0v) is 12.7. The number of hydrogen-bond acceptors (Lipinski definition) is 5. The number of fused-ring (bicyclic) bond motifs is 2. The van der Waals surface area contributed by atoms with E-state index < -0.39 is 0 Å². The van der Waals surface area contributed by atoms with Crippen LogP contribution in [0.15, 0.2) is 10.7 Å². The lowest BCUT2D eigenvalue weighted by atomic mass is 9.84. The lowest BCUT2D eigenvalue weighted by molar-refractivity contribution is 0.304. The number of anilines is 2. The minimum Gasteiger partial charge on any atom is -0.366 e. The Morgan fingerprint density at radius 2 is 2.26 bits per heavy atom. The molecule has 1 aromatic rings. The van der Waals surface area contributed by atoms with E-state index in [2.05, 4.69) is 43.6 Å². The van der Waals surface area contributed by atoms with E-state index in [0.717, 1.165) is 28.0 Å². The lowest BCUT2D eigenvalue weighted by Crippen LogP contribution is -2.30. The Labute approximate surface area is 121 Å². The Kier molecular flexibility index (Phi) is 3.62. The van der Waals surface area contributed by atoms with E-state index in [1.54, 1.807) is 6.20 Å². The van der Waals surface area contributed by atoms with Gasteiger partial charge in [0.25, 0.3) is 0 Å². The lowest BCUT2D eigenvalue weighted by Gasteiger charge is -2.29. The predicted octanol–water partition coefficient (Wildman–Crippen LogP) is 2.76. The van der Waals surface area contributed by atoms with Gasteiger partial charge in [0, 0.05) is 12.2 Å². The molecule has 2 bridgehead atoms. The molecule has 1 aromatic heterocycles. The van der Waals surface area contributed by atoms with Gasteiger partial charge in [0.2, 0.25) is 5.95 Å². The molecule has 19 heavy (non-hydrogen) atoms. The number of nitrogens with zero attached hydrogens (tertiary/aromatic N) is 2. The van der Waals surface area contributed by atoms with Crippen molar-refractivity contribution in [1.29, 1.82) is 0 Å². The first-order valence-corrected chi connectivity index (χ1v) is 7.72. The SMILES string of the molecule is CC(Nc1nc(NN)ncc1Br)C1CC2CCC1C2. The molecule has 0 radical (unpaired) electrons. The summed E-state index contributed by atoms with van der Waals surface area (Å²) in [4.78, 5) is 8.43. The van der Waals surface area contributed by atoms with Gasteiger partial charge in [-0.2, -0.15) is 4.98 Å². The van der Waals surface area contributed by atoms with Crippen molar-refractivity contribution in [2.75, 3.05) is 10.7 Å². The third-order valence-corrected chi connectivity index (χ3v) is 5.25. The zero-order valence-electron chi connectivity index (χ0n) is 11.1. The highest BCUT2D eigenvalue weighted by molar-refractivity contribution is 9.10. The molecule has 0 aromatic carbocycles. The average molecular weight is 326 g/mol. The van der Waals surface area contributed by atoms with Gasteiger partial charge >= 0.3 is 0 Å². The number of rotatable bonds is 4. The Morgan fingerprint density at radius 3 is 2.89 bits per heavy atom. The minimum absolute atomic E-state index is 0.436. The quantitative estimate of drug-likeness (QED) is 0.586. The van der Waals surface area contributed by atoms with E-state index in [-0.39, 0.29) is 0 Å². The smallest absolute Gasteiger partial charge is 0.239 e. The second kappa shape index (κ2) is 5.25. The van der Waals surface area contributed by atoms with E-state index >= 15 is 0 Å². The second-order valence-corrected chi connectivity index (χ2v) is 6.66. The number of aromatic nitrogens is 2. The summed E-state index contributed by atoms with van der Waals surface area (Å²) >= 11 is 3.48. The van der Waals surface area contributed by atoms with Crippen molar-refractivity contribution in [3.8, 4) is 0 Å². The van der Waals surface area contributed by atoms with Gasteiger partial charge in [-0.25, -0.2) is 10.8 Å². The summed E-state index contributed by atoms with van der Waals surface area (Å²) in [7, 11) is 0. The van der Waals surface area contributed by atoms with Crippen molar-refractivity contribution in [2.24, 2.45) is 23.6 Å². The van der Waals surface area contributed by atoms with Crippen LogP contribution in [0.25, 0.3) is 0 Å². The molecule has 4 atom stereocenters. The molecule has 0 saturated heterocycles. The van der Waals surface area contributed by atoms with E-state index in [1.807, 2.05) is 0 Å². The van der Waals surface area contributed by atoms with Crippen molar-refractivity contribution in [3.63, 3.8) is 0 Å². The normalized spacial score (nSPS) is 30.4. The Hall–Kier alpha value is -0.880. The molecule has 0 amide bonds. The molecule has 0 aliphatic heterocycles. The van der Waals surface area contributed by atoms with Crippen LogP contribution in [0.3, 0.4) is 0 Å². The molecule has 104 valence electrons. The molecular weight excluding hydrogens is 306 g/mol. The zero-order chi connectivity index (χ0) is 13.4. The Morgan fingerprint density at radius 1 is 1.42 bits per heavy atom. The van der Waals surface area contributed by atoms with Gasteiger partial charge in [0.15, 0.2) is 0 Å². The first-order valence-electron chi connectivity index (χ1n) is 6.93. The molecule has 2 aliphatic rings. The Bertz CT molecular complexity index is 466. The molecule has 5 nitrogen and oxygen atoms in total. The minimum atomic E-state index is 0.436. The maximum atomic E-state index is 5.35. The molecule has 2 fully saturated rings. The summed E-state index contributed by atoms with van der Waals surface area (Å²) in [6.45, 7) is 2.26. The number of nitrogens with one attached hydrogen (secondary N) is 2. The summed E-state index contributed by atoms with van der Waals surface area (Å²) in [5.41, 5.74) is 2.48. The van der Waals surface area contributed by atoms with Crippen LogP contribution in [0, 0.1) is 17.8 Å². The topological polar surface area (TPSA) is 75.9 Å². The average Bonchev–Trinajstić information content (AvgIpc) is 3.03. The maximum Gasteiger partial charge on any atom is 0.239 e.